The summed E-state index contributed by atoms with van der Waals surface area (Å²) in [5.41, 5.74) is 0.626. The van der Waals surface area contributed by atoms with Crippen LogP contribution in [0.15, 0.2) is 15.5 Å². The number of hydrogen-bond donors (Lipinski definition) is 1. The highest BCUT2D eigenvalue weighted by molar-refractivity contribution is 9.10. The third-order valence-corrected chi connectivity index (χ3v) is 4.07. The van der Waals surface area contributed by atoms with Crippen molar-refractivity contribution in [3.05, 3.63) is 21.0 Å². The summed E-state index contributed by atoms with van der Waals surface area (Å²) in [6.07, 6.45) is 1.66. The van der Waals surface area contributed by atoms with E-state index in [2.05, 4.69) is 47.1 Å². The van der Waals surface area contributed by atoms with E-state index >= 15 is 0 Å². The van der Waals surface area contributed by atoms with Gasteiger partial charge in [-0.25, -0.2) is 4.68 Å². The van der Waals surface area contributed by atoms with Crippen molar-refractivity contribution in [2.24, 2.45) is 7.05 Å². The molecule has 1 rings (SSSR count). The lowest BCUT2D eigenvalue weighted by atomic mass is 10.3. The number of hydrogen-bond acceptors (Lipinski definition) is 4. The number of halogens is 1. The first-order valence-electron chi connectivity index (χ1n) is 5.41. The Kier molecular flexibility index (Phi) is 5.06. The molecule has 1 heterocycles. The van der Waals surface area contributed by atoms with Gasteiger partial charge in [0.05, 0.1) is 11.9 Å². The van der Waals surface area contributed by atoms with Crippen LogP contribution in [0.4, 0.5) is 5.69 Å². The van der Waals surface area contributed by atoms with Crippen molar-refractivity contribution in [3.8, 4) is 0 Å². The largest absolute Gasteiger partial charge is 0.382 e. The molecule has 0 aliphatic rings. The third-order valence-electron chi connectivity index (χ3n) is 2.03. The van der Waals surface area contributed by atoms with Gasteiger partial charge in [-0.1, -0.05) is 20.8 Å². The van der Waals surface area contributed by atoms with Crippen molar-refractivity contribution in [2.45, 2.75) is 25.5 Å². The highest BCUT2D eigenvalue weighted by atomic mass is 79.9. The number of nitrogens with one attached hydrogen (secondary N) is 1. The zero-order chi connectivity index (χ0) is 13.1. The van der Waals surface area contributed by atoms with Crippen molar-refractivity contribution in [1.29, 1.82) is 0 Å². The fourth-order valence-corrected chi connectivity index (χ4v) is 2.49. The first-order chi connectivity index (χ1) is 7.81. The molecule has 6 heteroatoms. The van der Waals surface area contributed by atoms with E-state index in [4.69, 9.17) is 0 Å². The van der Waals surface area contributed by atoms with Gasteiger partial charge in [0.25, 0.3) is 5.56 Å². The minimum absolute atomic E-state index is 0.126. The van der Waals surface area contributed by atoms with Crippen molar-refractivity contribution in [3.63, 3.8) is 0 Å². The molecule has 0 saturated carbocycles. The van der Waals surface area contributed by atoms with Crippen LogP contribution in [0.2, 0.25) is 0 Å². The van der Waals surface area contributed by atoms with E-state index in [-0.39, 0.29) is 10.3 Å². The van der Waals surface area contributed by atoms with Crippen LogP contribution >= 0.6 is 27.7 Å². The van der Waals surface area contributed by atoms with Crippen LogP contribution in [0.3, 0.4) is 0 Å². The number of thioether (sulfide) groups is 1. The Hall–Kier alpha value is -0.490. The predicted molar refractivity (Wildman–Crippen MR) is 77.9 cm³/mol. The van der Waals surface area contributed by atoms with Gasteiger partial charge in [-0.05, 0) is 15.9 Å². The Bertz CT molecular complexity index is 439. The van der Waals surface area contributed by atoms with Crippen molar-refractivity contribution < 1.29 is 0 Å². The Morgan fingerprint density at radius 3 is 2.76 bits per heavy atom. The lowest BCUT2D eigenvalue weighted by molar-refractivity contribution is 0.703. The van der Waals surface area contributed by atoms with Gasteiger partial charge in [0, 0.05) is 24.1 Å². The van der Waals surface area contributed by atoms with Gasteiger partial charge in [0.2, 0.25) is 0 Å². The van der Waals surface area contributed by atoms with Crippen LogP contribution in [0.1, 0.15) is 20.8 Å². The smallest absolute Gasteiger partial charge is 0.282 e. The zero-order valence-corrected chi connectivity index (χ0v) is 13.0. The molecule has 1 aromatic heterocycles. The number of nitrogens with zero attached hydrogens (tertiary/aromatic N) is 2. The molecule has 0 saturated heterocycles. The summed E-state index contributed by atoms with van der Waals surface area (Å²) >= 11 is 5.16. The van der Waals surface area contributed by atoms with Crippen molar-refractivity contribution >= 4 is 33.4 Å². The molecule has 1 N–H and O–H groups in total. The standard InChI is InChI=1S/C11H18BrN3OS/c1-11(2,3)17-6-5-13-8-7-14-15(4)10(16)9(8)12/h7,13H,5-6H2,1-4H3. The number of rotatable bonds is 4. The predicted octanol–water partition coefficient (Wildman–Crippen LogP) is 2.49. The summed E-state index contributed by atoms with van der Waals surface area (Å²) in [7, 11) is 1.63. The molecular weight excluding hydrogens is 302 g/mol. The molecule has 0 amide bonds. The fraction of sp³-hybridized carbons (Fsp3) is 0.636. The molecule has 4 nitrogen and oxygen atoms in total. The van der Waals surface area contributed by atoms with E-state index in [1.807, 2.05) is 11.8 Å². The quantitative estimate of drug-likeness (QED) is 0.866. The maximum atomic E-state index is 11.6. The molecule has 0 fully saturated rings. The summed E-state index contributed by atoms with van der Waals surface area (Å²) in [6.45, 7) is 7.38. The molecule has 0 aromatic carbocycles. The Labute approximate surface area is 114 Å². The normalized spacial score (nSPS) is 11.6. The molecule has 0 atom stereocenters. The van der Waals surface area contributed by atoms with E-state index in [9.17, 15) is 4.79 Å². The summed E-state index contributed by atoms with van der Waals surface area (Å²) in [4.78, 5) is 11.6. The molecule has 0 aliphatic heterocycles. The van der Waals surface area contributed by atoms with E-state index in [0.717, 1.165) is 18.0 Å². The Morgan fingerprint density at radius 1 is 1.53 bits per heavy atom. The van der Waals surface area contributed by atoms with Gasteiger partial charge in [0.1, 0.15) is 4.47 Å². The SMILES string of the molecule is Cn1ncc(NCCSC(C)(C)C)c(Br)c1=O. The van der Waals surface area contributed by atoms with Gasteiger partial charge in [0.15, 0.2) is 0 Å². The van der Waals surface area contributed by atoms with Gasteiger partial charge in [-0.3, -0.25) is 4.79 Å². The van der Waals surface area contributed by atoms with E-state index < -0.39 is 0 Å². The minimum Gasteiger partial charge on any atom is -0.382 e. The first kappa shape index (κ1) is 14.6. The fourth-order valence-electron chi connectivity index (χ4n) is 1.18. The molecule has 1 aromatic rings. The average molecular weight is 320 g/mol. The maximum absolute atomic E-state index is 11.6. The van der Waals surface area contributed by atoms with Crippen LogP contribution in [-0.2, 0) is 7.05 Å². The number of anilines is 1. The molecule has 0 aliphatic carbocycles. The van der Waals surface area contributed by atoms with E-state index in [1.165, 1.54) is 4.68 Å². The Morgan fingerprint density at radius 2 is 2.18 bits per heavy atom. The second kappa shape index (κ2) is 5.91. The van der Waals surface area contributed by atoms with Gasteiger partial charge in [-0.2, -0.15) is 16.9 Å². The maximum Gasteiger partial charge on any atom is 0.282 e. The van der Waals surface area contributed by atoms with Gasteiger partial charge in [-0.15, -0.1) is 0 Å². The number of aromatic nitrogens is 2. The molecule has 0 bridgehead atoms. The summed E-state index contributed by atoms with van der Waals surface area (Å²) < 4.78 is 2.11. The molecular formula is C11H18BrN3OS. The van der Waals surface area contributed by atoms with Crippen LogP contribution in [0, 0.1) is 0 Å². The van der Waals surface area contributed by atoms with Crippen molar-refractivity contribution in [1.82, 2.24) is 9.78 Å². The van der Waals surface area contributed by atoms with Crippen LogP contribution < -0.4 is 10.9 Å². The highest BCUT2D eigenvalue weighted by Crippen LogP contribution is 2.23. The van der Waals surface area contributed by atoms with Crippen LogP contribution in [0.25, 0.3) is 0 Å². The monoisotopic (exact) mass is 319 g/mol. The first-order valence-corrected chi connectivity index (χ1v) is 7.19. The Balaban J connectivity index is 2.54. The summed E-state index contributed by atoms with van der Waals surface area (Å²) in [6, 6.07) is 0. The summed E-state index contributed by atoms with van der Waals surface area (Å²) in [5, 5.41) is 7.18. The zero-order valence-electron chi connectivity index (χ0n) is 10.6. The van der Waals surface area contributed by atoms with Gasteiger partial charge < -0.3 is 5.32 Å². The second-order valence-electron chi connectivity index (χ2n) is 4.69. The van der Waals surface area contributed by atoms with Crippen molar-refractivity contribution in [2.75, 3.05) is 17.6 Å². The van der Waals surface area contributed by atoms with Gasteiger partial charge >= 0.3 is 0 Å². The van der Waals surface area contributed by atoms with E-state index in [0.29, 0.717) is 4.47 Å². The average Bonchev–Trinajstić information content (AvgIpc) is 2.22. The van der Waals surface area contributed by atoms with E-state index in [1.54, 1.807) is 13.2 Å². The molecule has 0 radical (unpaired) electrons. The van der Waals surface area contributed by atoms with Crippen LogP contribution in [-0.4, -0.2) is 26.8 Å². The summed E-state index contributed by atoms with van der Waals surface area (Å²) in [5.74, 6) is 0.991. The molecule has 0 spiro atoms. The second-order valence-corrected chi connectivity index (χ2v) is 7.40. The molecule has 96 valence electrons. The minimum atomic E-state index is -0.126. The van der Waals surface area contributed by atoms with Crippen LogP contribution in [0.5, 0.6) is 0 Å². The molecule has 17 heavy (non-hydrogen) atoms. The third kappa shape index (κ3) is 4.71. The number of aryl methyl sites for hydroxylation is 1. The highest BCUT2D eigenvalue weighted by Gasteiger charge is 2.10. The lowest BCUT2D eigenvalue weighted by Gasteiger charge is -2.17. The lowest BCUT2D eigenvalue weighted by Crippen LogP contribution is -2.22. The topological polar surface area (TPSA) is 46.9 Å². The molecule has 0 unspecified atom stereocenters.